The summed E-state index contributed by atoms with van der Waals surface area (Å²) in [5.74, 6) is 0.663. The first-order valence-corrected chi connectivity index (χ1v) is 5.77. The molecule has 0 aliphatic heterocycles. The molecule has 0 saturated heterocycles. The van der Waals surface area contributed by atoms with E-state index in [4.69, 9.17) is 5.11 Å². The molecule has 0 spiro atoms. The minimum atomic E-state index is 0.330. The van der Waals surface area contributed by atoms with Crippen LogP contribution >= 0.6 is 0 Å². The maximum atomic E-state index is 8.73. The van der Waals surface area contributed by atoms with Crippen LogP contribution in [0.15, 0.2) is 0 Å². The summed E-state index contributed by atoms with van der Waals surface area (Å²) in [5.41, 5.74) is 0.386. The highest BCUT2D eigenvalue weighted by Gasteiger charge is 2.08. The fourth-order valence-electron chi connectivity index (χ4n) is 1.40. The molecule has 0 aliphatic rings. The van der Waals surface area contributed by atoms with Gasteiger partial charge in [-0.1, -0.05) is 27.7 Å². The van der Waals surface area contributed by atoms with Crippen LogP contribution in [0, 0.1) is 11.3 Å². The number of nitrogens with one attached hydrogen (secondary N) is 1. The van der Waals surface area contributed by atoms with E-state index < -0.39 is 0 Å². The maximum Gasteiger partial charge on any atom is 0.0433 e. The predicted molar refractivity (Wildman–Crippen MR) is 62.4 cm³/mol. The molecule has 0 aromatic carbocycles. The Morgan fingerprint density at radius 2 is 1.86 bits per heavy atom. The van der Waals surface area contributed by atoms with Gasteiger partial charge in [0.25, 0.3) is 0 Å². The van der Waals surface area contributed by atoms with Gasteiger partial charge in [0.2, 0.25) is 0 Å². The van der Waals surface area contributed by atoms with Gasteiger partial charge in [0, 0.05) is 6.61 Å². The minimum absolute atomic E-state index is 0.330. The first kappa shape index (κ1) is 13.9. The van der Waals surface area contributed by atoms with Gasteiger partial charge in [-0.05, 0) is 43.7 Å². The van der Waals surface area contributed by atoms with E-state index in [0.717, 1.165) is 19.5 Å². The largest absolute Gasteiger partial charge is 0.396 e. The van der Waals surface area contributed by atoms with E-state index >= 15 is 0 Å². The molecule has 0 heterocycles. The smallest absolute Gasteiger partial charge is 0.0433 e. The van der Waals surface area contributed by atoms with Crippen LogP contribution in [0.3, 0.4) is 0 Å². The standard InChI is InChI=1S/C12H27NO/c1-11(7-9-14)6-5-8-13-10-12(2,3)4/h11,13-14H,5-10H2,1-4H3/t11-/m0/s1. The van der Waals surface area contributed by atoms with Crippen LogP contribution in [-0.4, -0.2) is 24.8 Å². The van der Waals surface area contributed by atoms with Gasteiger partial charge in [0.15, 0.2) is 0 Å². The third-order valence-corrected chi connectivity index (χ3v) is 2.33. The number of rotatable bonds is 7. The SMILES string of the molecule is C[C@H](CCO)CCCNCC(C)(C)C. The molecule has 2 nitrogen and oxygen atoms in total. The van der Waals surface area contributed by atoms with E-state index in [1.165, 1.54) is 12.8 Å². The molecule has 2 heteroatoms. The molecule has 0 unspecified atom stereocenters. The van der Waals surface area contributed by atoms with Crippen LogP contribution in [0.4, 0.5) is 0 Å². The van der Waals surface area contributed by atoms with E-state index in [9.17, 15) is 0 Å². The second kappa shape index (κ2) is 7.24. The molecule has 0 saturated carbocycles. The fourth-order valence-corrected chi connectivity index (χ4v) is 1.40. The van der Waals surface area contributed by atoms with Crippen molar-refractivity contribution < 1.29 is 5.11 Å². The number of aliphatic hydroxyl groups excluding tert-OH is 1. The molecule has 14 heavy (non-hydrogen) atoms. The van der Waals surface area contributed by atoms with E-state index in [1.807, 2.05) is 0 Å². The molecule has 0 rings (SSSR count). The van der Waals surface area contributed by atoms with Crippen molar-refractivity contribution in [2.24, 2.45) is 11.3 Å². The van der Waals surface area contributed by atoms with Crippen molar-refractivity contribution in [3.63, 3.8) is 0 Å². The van der Waals surface area contributed by atoms with Crippen molar-refractivity contribution >= 4 is 0 Å². The topological polar surface area (TPSA) is 32.3 Å². The predicted octanol–water partition coefficient (Wildman–Crippen LogP) is 2.42. The second-order valence-corrected chi connectivity index (χ2v) is 5.50. The lowest BCUT2D eigenvalue weighted by molar-refractivity contribution is 0.256. The summed E-state index contributed by atoms with van der Waals surface area (Å²) in [7, 11) is 0. The van der Waals surface area contributed by atoms with Crippen molar-refractivity contribution in [1.82, 2.24) is 5.32 Å². The van der Waals surface area contributed by atoms with Crippen molar-refractivity contribution in [1.29, 1.82) is 0 Å². The van der Waals surface area contributed by atoms with Crippen molar-refractivity contribution in [2.45, 2.75) is 47.0 Å². The summed E-state index contributed by atoms with van der Waals surface area (Å²) in [6, 6.07) is 0. The Morgan fingerprint density at radius 3 is 2.36 bits per heavy atom. The van der Waals surface area contributed by atoms with Gasteiger partial charge in [-0.25, -0.2) is 0 Å². The molecule has 0 radical (unpaired) electrons. The fraction of sp³-hybridized carbons (Fsp3) is 1.00. The van der Waals surface area contributed by atoms with Gasteiger partial charge in [0.05, 0.1) is 0 Å². The van der Waals surface area contributed by atoms with Gasteiger partial charge < -0.3 is 10.4 Å². The number of hydrogen-bond donors (Lipinski definition) is 2. The lowest BCUT2D eigenvalue weighted by Crippen LogP contribution is -2.27. The molecule has 1 atom stereocenters. The zero-order chi connectivity index (χ0) is 11.0. The summed E-state index contributed by atoms with van der Waals surface area (Å²) < 4.78 is 0. The van der Waals surface area contributed by atoms with Gasteiger partial charge in [-0.2, -0.15) is 0 Å². The average Bonchev–Trinajstić information content (AvgIpc) is 2.02. The highest BCUT2D eigenvalue weighted by molar-refractivity contribution is 4.65. The minimum Gasteiger partial charge on any atom is -0.396 e. The van der Waals surface area contributed by atoms with E-state index in [0.29, 0.717) is 17.9 Å². The molecular formula is C12H27NO. The van der Waals surface area contributed by atoms with E-state index in [-0.39, 0.29) is 0 Å². The van der Waals surface area contributed by atoms with Gasteiger partial charge in [0.1, 0.15) is 0 Å². The van der Waals surface area contributed by atoms with Crippen LogP contribution in [0.1, 0.15) is 47.0 Å². The van der Waals surface area contributed by atoms with Gasteiger partial charge >= 0.3 is 0 Å². The normalized spacial score (nSPS) is 14.4. The molecular weight excluding hydrogens is 174 g/mol. The zero-order valence-electron chi connectivity index (χ0n) is 10.3. The molecule has 0 aromatic heterocycles. The summed E-state index contributed by atoms with van der Waals surface area (Å²) in [5, 5.41) is 12.2. The number of hydrogen-bond acceptors (Lipinski definition) is 2. The van der Waals surface area contributed by atoms with Crippen molar-refractivity contribution in [3.05, 3.63) is 0 Å². The summed E-state index contributed by atoms with van der Waals surface area (Å²) in [4.78, 5) is 0. The van der Waals surface area contributed by atoms with E-state index in [1.54, 1.807) is 0 Å². The molecule has 0 fully saturated rings. The van der Waals surface area contributed by atoms with Crippen molar-refractivity contribution in [3.8, 4) is 0 Å². The molecule has 86 valence electrons. The highest BCUT2D eigenvalue weighted by atomic mass is 16.3. The zero-order valence-corrected chi connectivity index (χ0v) is 10.3. The van der Waals surface area contributed by atoms with Gasteiger partial charge in [-0.15, -0.1) is 0 Å². The van der Waals surface area contributed by atoms with Crippen LogP contribution in [0.5, 0.6) is 0 Å². The Hall–Kier alpha value is -0.0800. The Balaban J connectivity index is 3.21. The third kappa shape index (κ3) is 10.0. The first-order valence-electron chi connectivity index (χ1n) is 5.77. The van der Waals surface area contributed by atoms with E-state index in [2.05, 4.69) is 33.0 Å². The first-order chi connectivity index (χ1) is 6.45. The Bertz CT molecular complexity index is 129. The Labute approximate surface area is 89.1 Å². The van der Waals surface area contributed by atoms with Crippen LogP contribution in [0.25, 0.3) is 0 Å². The second-order valence-electron chi connectivity index (χ2n) is 5.50. The molecule has 0 amide bonds. The summed E-state index contributed by atoms with van der Waals surface area (Å²) >= 11 is 0. The average molecular weight is 201 g/mol. The highest BCUT2D eigenvalue weighted by Crippen LogP contribution is 2.11. The van der Waals surface area contributed by atoms with Crippen molar-refractivity contribution in [2.75, 3.05) is 19.7 Å². The monoisotopic (exact) mass is 201 g/mol. The lowest BCUT2D eigenvalue weighted by Gasteiger charge is -2.19. The summed E-state index contributed by atoms with van der Waals surface area (Å²) in [6.07, 6.45) is 3.38. The van der Waals surface area contributed by atoms with Crippen LogP contribution in [-0.2, 0) is 0 Å². The molecule has 2 N–H and O–H groups in total. The summed E-state index contributed by atoms with van der Waals surface area (Å²) in [6.45, 7) is 11.5. The maximum absolute atomic E-state index is 8.73. The van der Waals surface area contributed by atoms with Gasteiger partial charge in [-0.3, -0.25) is 0 Å². The van der Waals surface area contributed by atoms with Crippen LogP contribution < -0.4 is 5.32 Å². The molecule has 0 aliphatic carbocycles. The third-order valence-electron chi connectivity index (χ3n) is 2.33. The van der Waals surface area contributed by atoms with Crippen LogP contribution in [0.2, 0.25) is 0 Å². The number of aliphatic hydroxyl groups is 1. The Morgan fingerprint density at radius 1 is 1.21 bits per heavy atom. The quantitative estimate of drug-likeness (QED) is 0.620. The lowest BCUT2D eigenvalue weighted by atomic mass is 9.97. The molecule has 0 aromatic rings. The Kier molecular flexibility index (Phi) is 7.20. The molecule has 0 bridgehead atoms.